The Morgan fingerprint density at radius 2 is 1.83 bits per heavy atom. The molecule has 5 nitrogen and oxygen atoms in total. The van der Waals surface area contributed by atoms with Crippen molar-refractivity contribution in [2.75, 3.05) is 26.2 Å². The number of hydrogen-bond donors (Lipinski definition) is 1. The van der Waals surface area contributed by atoms with Crippen molar-refractivity contribution >= 4 is 5.91 Å². The van der Waals surface area contributed by atoms with Crippen LogP contribution in [0.5, 0.6) is 0 Å². The van der Waals surface area contributed by atoms with Crippen LogP contribution >= 0.6 is 0 Å². The molecule has 3 rings (SSSR count). The van der Waals surface area contributed by atoms with Gasteiger partial charge in [0.1, 0.15) is 5.76 Å². The Hall–Kier alpha value is -1.33. The fourth-order valence-corrected chi connectivity index (χ4v) is 3.58. The van der Waals surface area contributed by atoms with Crippen molar-refractivity contribution in [3.8, 4) is 0 Å². The molecule has 128 valence electrons. The first-order valence-electron chi connectivity index (χ1n) is 9.00. The van der Waals surface area contributed by atoms with E-state index in [1.807, 2.05) is 17.9 Å². The molecule has 0 bridgehead atoms. The Kier molecular flexibility index (Phi) is 5.38. The zero-order valence-corrected chi connectivity index (χ0v) is 14.2. The average Bonchev–Trinajstić information content (AvgIpc) is 2.75. The van der Waals surface area contributed by atoms with E-state index in [1.165, 1.54) is 25.7 Å². The number of furan rings is 1. The van der Waals surface area contributed by atoms with Gasteiger partial charge in [0.2, 0.25) is 0 Å². The van der Waals surface area contributed by atoms with Gasteiger partial charge in [-0.3, -0.25) is 9.69 Å². The third-order valence-electron chi connectivity index (χ3n) is 5.15. The summed E-state index contributed by atoms with van der Waals surface area (Å²) in [7, 11) is 0. The van der Waals surface area contributed by atoms with Gasteiger partial charge in [-0.2, -0.15) is 0 Å². The lowest BCUT2D eigenvalue weighted by molar-refractivity contribution is 0.0681. The highest BCUT2D eigenvalue weighted by Crippen LogP contribution is 2.21. The van der Waals surface area contributed by atoms with Gasteiger partial charge in [0, 0.05) is 31.2 Å². The molecule has 2 aliphatic heterocycles. The summed E-state index contributed by atoms with van der Waals surface area (Å²) in [5, 5.41) is 0. The van der Waals surface area contributed by atoms with Gasteiger partial charge in [0.15, 0.2) is 5.76 Å². The molecule has 2 aliphatic rings. The lowest BCUT2D eigenvalue weighted by Crippen LogP contribution is -2.42. The van der Waals surface area contributed by atoms with E-state index in [4.69, 9.17) is 10.2 Å². The molecule has 1 aromatic heterocycles. The van der Waals surface area contributed by atoms with Crippen LogP contribution in [0.2, 0.25) is 0 Å². The lowest BCUT2D eigenvalue weighted by atomic mass is 10.1. The Bertz CT molecular complexity index is 524. The first-order valence-corrected chi connectivity index (χ1v) is 9.00. The summed E-state index contributed by atoms with van der Waals surface area (Å²) >= 11 is 0. The number of likely N-dealkylation sites (tertiary alicyclic amines) is 2. The number of hydrogen-bond acceptors (Lipinski definition) is 4. The maximum Gasteiger partial charge on any atom is 0.289 e. The molecule has 2 N–H and O–H groups in total. The van der Waals surface area contributed by atoms with Crippen LogP contribution in [-0.4, -0.2) is 47.9 Å². The van der Waals surface area contributed by atoms with Gasteiger partial charge in [0.05, 0.1) is 0 Å². The summed E-state index contributed by atoms with van der Waals surface area (Å²) in [6.07, 6.45) is 6.98. The molecular formula is C18H29N3O2. The van der Waals surface area contributed by atoms with Gasteiger partial charge < -0.3 is 15.1 Å². The minimum absolute atomic E-state index is 0.0158. The number of carbonyl (C=O) groups excluding carboxylic acids is 1. The molecule has 0 aliphatic carbocycles. The number of carbonyl (C=O) groups is 1. The minimum Gasteiger partial charge on any atom is -0.456 e. The first kappa shape index (κ1) is 16.5. The summed E-state index contributed by atoms with van der Waals surface area (Å²) in [6.45, 7) is 6.64. The second-order valence-corrected chi connectivity index (χ2v) is 7.01. The number of aryl methyl sites for hydroxylation is 1. The standard InChI is InChI=1S/C18H29N3O2/c1-14-15(13-20-8-4-2-3-5-9-20)12-17(23-14)18(22)21-10-6-16(19)7-11-21/h12,16H,2-11,13,19H2,1H3. The van der Waals surface area contributed by atoms with Gasteiger partial charge >= 0.3 is 0 Å². The highest BCUT2D eigenvalue weighted by molar-refractivity contribution is 5.91. The zero-order valence-electron chi connectivity index (χ0n) is 14.2. The van der Waals surface area contributed by atoms with E-state index < -0.39 is 0 Å². The topological polar surface area (TPSA) is 62.7 Å². The van der Waals surface area contributed by atoms with Crippen molar-refractivity contribution in [3.05, 3.63) is 23.2 Å². The number of piperidine rings is 1. The van der Waals surface area contributed by atoms with Crippen LogP contribution in [0.1, 0.15) is 60.4 Å². The molecule has 0 saturated carbocycles. The number of rotatable bonds is 3. The van der Waals surface area contributed by atoms with Gasteiger partial charge in [-0.05, 0) is 51.8 Å². The molecule has 2 saturated heterocycles. The number of nitrogens with two attached hydrogens (primary N) is 1. The summed E-state index contributed by atoms with van der Waals surface area (Å²) < 4.78 is 5.78. The van der Waals surface area contributed by atoms with Gasteiger partial charge in [-0.1, -0.05) is 12.8 Å². The van der Waals surface area contributed by atoms with E-state index in [0.717, 1.165) is 56.9 Å². The van der Waals surface area contributed by atoms with Gasteiger partial charge in [-0.15, -0.1) is 0 Å². The zero-order chi connectivity index (χ0) is 16.2. The minimum atomic E-state index is 0.0158. The van der Waals surface area contributed by atoms with Crippen LogP contribution in [0.15, 0.2) is 10.5 Å². The molecule has 1 aromatic rings. The Labute approximate surface area is 138 Å². The molecule has 0 atom stereocenters. The highest BCUT2D eigenvalue weighted by atomic mass is 16.4. The summed E-state index contributed by atoms with van der Waals surface area (Å²) in [4.78, 5) is 17.0. The Morgan fingerprint density at radius 1 is 1.17 bits per heavy atom. The maximum absolute atomic E-state index is 12.6. The second-order valence-electron chi connectivity index (χ2n) is 7.01. The quantitative estimate of drug-likeness (QED) is 0.930. The van der Waals surface area contributed by atoms with Crippen LogP contribution in [0.3, 0.4) is 0 Å². The van der Waals surface area contributed by atoms with Crippen LogP contribution in [0.25, 0.3) is 0 Å². The smallest absolute Gasteiger partial charge is 0.289 e. The number of amides is 1. The maximum atomic E-state index is 12.6. The van der Waals surface area contributed by atoms with E-state index >= 15 is 0 Å². The lowest BCUT2D eigenvalue weighted by Gasteiger charge is -2.29. The third kappa shape index (κ3) is 4.15. The predicted octanol–water partition coefficient (Wildman–Crippen LogP) is 2.53. The molecule has 23 heavy (non-hydrogen) atoms. The van der Waals surface area contributed by atoms with Gasteiger partial charge in [0.25, 0.3) is 5.91 Å². The Balaban J connectivity index is 1.64. The van der Waals surface area contributed by atoms with Crippen molar-refractivity contribution in [1.29, 1.82) is 0 Å². The average molecular weight is 319 g/mol. The van der Waals surface area contributed by atoms with Gasteiger partial charge in [-0.25, -0.2) is 0 Å². The van der Waals surface area contributed by atoms with Crippen molar-refractivity contribution in [2.24, 2.45) is 5.73 Å². The molecule has 0 aromatic carbocycles. The molecule has 0 spiro atoms. The monoisotopic (exact) mass is 319 g/mol. The fraction of sp³-hybridized carbons (Fsp3) is 0.722. The molecule has 3 heterocycles. The largest absolute Gasteiger partial charge is 0.456 e. The van der Waals surface area contributed by atoms with Crippen molar-refractivity contribution in [3.63, 3.8) is 0 Å². The fourth-order valence-electron chi connectivity index (χ4n) is 3.58. The molecule has 1 amide bonds. The van der Waals surface area contributed by atoms with Crippen molar-refractivity contribution in [1.82, 2.24) is 9.80 Å². The summed E-state index contributed by atoms with van der Waals surface area (Å²) in [6, 6.07) is 2.19. The first-order chi connectivity index (χ1) is 11.1. The van der Waals surface area contributed by atoms with Crippen LogP contribution < -0.4 is 5.73 Å². The van der Waals surface area contributed by atoms with E-state index in [1.54, 1.807) is 0 Å². The predicted molar refractivity (Wildman–Crippen MR) is 90.3 cm³/mol. The second kappa shape index (κ2) is 7.49. The number of nitrogens with zero attached hydrogens (tertiary/aromatic N) is 2. The van der Waals surface area contributed by atoms with E-state index in [0.29, 0.717) is 5.76 Å². The Morgan fingerprint density at radius 3 is 2.48 bits per heavy atom. The van der Waals surface area contributed by atoms with Crippen LogP contribution in [-0.2, 0) is 6.54 Å². The van der Waals surface area contributed by atoms with Crippen molar-refractivity contribution < 1.29 is 9.21 Å². The van der Waals surface area contributed by atoms with E-state index in [2.05, 4.69) is 4.90 Å². The molecular weight excluding hydrogens is 290 g/mol. The molecule has 2 fully saturated rings. The van der Waals surface area contributed by atoms with E-state index in [-0.39, 0.29) is 11.9 Å². The summed E-state index contributed by atoms with van der Waals surface area (Å²) in [5.41, 5.74) is 7.07. The van der Waals surface area contributed by atoms with Crippen molar-refractivity contribution in [2.45, 2.75) is 58.0 Å². The molecule has 5 heteroatoms. The van der Waals surface area contributed by atoms with Crippen LogP contribution in [0.4, 0.5) is 0 Å². The normalized spacial score (nSPS) is 21.4. The molecule has 0 unspecified atom stereocenters. The van der Waals surface area contributed by atoms with Crippen LogP contribution in [0, 0.1) is 6.92 Å². The third-order valence-corrected chi connectivity index (χ3v) is 5.15. The summed E-state index contributed by atoms with van der Waals surface area (Å²) in [5.74, 6) is 1.39. The molecule has 0 radical (unpaired) electrons. The highest BCUT2D eigenvalue weighted by Gasteiger charge is 2.25. The van der Waals surface area contributed by atoms with E-state index in [9.17, 15) is 4.79 Å². The SMILES string of the molecule is Cc1oc(C(=O)N2CCC(N)CC2)cc1CN1CCCCCC1.